The molecule has 0 unspecified atom stereocenters. The van der Waals surface area contributed by atoms with Crippen LogP contribution in [0, 0.1) is 5.82 Å². The van der Waals surface area contributed by atoms with Crippen LogP contribution in [0.2, 0.25) is 0 Å². The first-order valence-corrected chi connectivity index (χ1v) is 12.7. The average Bonchev–Trinajstić information content (AvgIpc) is 3.24. The van der Waals surface area contributed by atoms with E-state index < -0.39 is 0 Å². The predicted octanol–water partition coefficient (Wildman–Crippen LogP) is 3.80. The molecule has 0 aliphatic carbocycles. The monoisotopic (exact) mass is 475 g/mol. The summed E-state index contributed by atoms with van der Waals surface area (Å²) >= 11 is 2.65. The molecule has 1 fully saturated rings. The van der Waals surface area contributed by atoms with E-state index in [2.05, 4.69) is 20.2 Å². The van der Waals surface area contributed by atoms with Crippen molar-refractivity contribution in [2.45, 2.75) is 50.9 Å². The topological polar surface area (TPSA) is 80.1 Å². The highest BCUT2D eigenvalue weighted by molar-refractivity contribution is 7.99. The first kappa shape index (κ1) is 22.7. The lowest BCUT2D eigenvalue weighted by atomic mass is 10.1. The molecule has 3 aromatic rings. The fraction of sp³-hybridized carbons (Fsp3) is 0.455. The molecular formula is C22H26FN5O2S2. The molecule has 0 bridgehead atoms. The number of hydrogen-bond acceptors (Lipinski definition) is 7. The summed E-state index contributed by atoms with van der Waals surface area (Å²) < 4.78 is 15.2. The number of hydrogen-bond donors (Lipinski definition) is 1. The lowest BCUT2D eigenvalue weighted by Gasteiger charge is -2.25. The maximum absolute atomic E-state index is 13.1. The summed E-state index contributed by atoms with van der Waals surface area (Å²) in [5.41, 5.74) is 1.19. The normalized spacial score (nSPS) is 14.1. The van der Waals surface area contributed by atoms with Crippen molar-refractivity contribution in [3.05, 3.63) is 46.0 Å². The molecular weight excluding hydrogens is 449 g/mol. The number of anilines is 1. The number of thiazole rings is 1. The maximum Gasteiger partial charge on any atom is 0.273 e. The minimum Gasteiger partial charge on any atom is -0.351 e. The molecule has 1 aromatic carbocycles. The van der Waals surface area contributed by atoms with Gasteiger partial charge in [-0.15, -0.1) is 0 Å². The van der Waals surface area contributed by atoms with Crippen LogP contribution in [0.4, 0.5) is 9.52 Å². The van der Waals surface area contributed by atoms with E-state index >= 15 is 0 Å². The summed E-state index contributed by atoms with van der Waals surface area (Å²) in [5, 5.41) is 4.19. The zero-order valence-corrected chi connectivity index (χ0v) is 19.6. The minimum atomic E-state index is -0.309. The van der Waals surface area contributed by atoms with Crippen LogP contribution in [-0.4, -0.2) is 39.3 Å². The number of nitrogens with zero attached hydrogens (tertiary/aromatic N) is 4. The van der Waals surface area contributed by atoms with E-state index in [1.54, 1.807) is 16.7 Å². The van der Waals surface area contributed by atoms with Gasteiger partial charge in [-0.25, -0.2) is 9.37 Å². The van der Waals surface area contributed by atoms with Gasteiger partial charge in [0.05, 0.1) is 5.75 Å². The number of rotatable bonds is 8. The first-order valence-electron chi connectivity index (χ1n) is 10.9. The van der Waals surface area contributed by atoms with E-state index in [1.165, 1.54) is 41.7 Å². The lowest BCUT2D eigenvalue weighted by molar-refractivity contribution is -0.118. The van der Waals surface area contributed by atoms with Gasteiger partial charge in [-0.05, 0) is 43.4 Å². The van der Waals surface area contributed by atoms with Gasteiger partial charge < -0.3 is 10.2 Å². The van der Waals surface area contributed by atoms with Gasteiger partial charge in [0.25, 0.3) is 5.56 Å². The SMILES string of the molecule is CCCn1c(SCC(=O)NCc2ccc(F)cc2)nc2nc(N3CCCCC3)sc2c1=O. The highest BCUT2D eigenvalue weighted by Crippen LogP contribution is 2.29. The molecule has 0 atom stereocenters. The third kappa shape index (κ3) is 5.29. The number of aromatic nitrogens is 3. The van der Waals surface area contributed by atoms with Crippen molar-refractivity contribution in [1.82, 2.24) is 19.9 Å². The number of halogens is 1. The average molecular weight is 476 g/mol. The van der Waals surface area contributed by atoms with E-state index in [-0.39, 0.29) is 23.0 Å². The first-order chi connectivity index (χ1) is 15.5. The summed E-state index contributed by atoms with van der Waals surface area (Å²) in [6.45, 7) is 4.78. The summed E-state index contributed by atoms with van der Waals surface area (Å²) in [5.74, 6) is -0.355. The number of carbonyl (C=O) groups is 1. The molecule has 4 rings (SSSR count). The molecule has 1 aliphatic rings. The number of fused-ring (bicyclic) bond motifs is 1. The Kier molecular flexibility index (Phi) is 7.41. The second-order valence-corrected chi connectivity index (χ2v) is 9.66. The highest BCUT2D eigenvalue weighted by atomic mass is 32.2. The van der Waals surface area contributed by atoms with Gasteiger partial charge in [0.1, 0.15) is 10.5 Å². The van der Waals surface area contributed by atoms with Crippen molar-refractivity contribution in [2.24, 2.45) is 0 Å². The Labute approximate surface area is 194 Å². The molecule has 1 amide bonds. The minimum absolute atomic E-state index is 0.0909. The van der Waals surface area contributed by atoms with Crippen molar-refractivity contribution >= 4 is 44.5 Å². The van der Waals surface area contributed by atoms with E-state index in [9.17, 15) is 14.0 Å². The van der Waals surface area contributed by atoms with E-state index in [0.717, 1.165) is 43.0 Å². The van der Waals surface area contributed by atoms with Crippen molar-refractivity contribution in [2.75, 3.05) is 23.7 Å². The Morgan fingerprint density at radius 1 is 1.19 bits per heavy atom. The molecule has 2 aromatic heterocycles. The van der Waals surface area contributed by atoms with Crippen LogP contribution in [-0.2, 0) is 17.9 Å². The van der Waals surface area contributed by atoms with E-state index in [0.29, 0.717) is 28.6 Å². The number of nitrogens with one attached hydrogen (secondary N) is 1. The van der Waals surface area contributed by atoms with Gasteiger partial charge in [0, 0.05) is 26.2 Å². The standard InChI is InChI=1S/C22H26FN5O2S2/c1-2-10-28-20(30)18-19(25-21(32-18)27-11-4-3-5-12-27)26-22(28)31-14-17(29)24-13-15-6-8-16(23)9-7-15/h6-9H,2-5,10-14H2,1H3,(H,24,29). The zero-order valence-electron chi connectivity index (χ0n) is 18.0. The van der Waals surface area contributed by atoms with Gasteiger partial charge in [-0.3, -0.25) is 14.2 Å². The van der Waals surface area contributed by atoms with Gasteiger partial charge in [-0.2, -0.15) is 4.98 Å². The van der Waals surface area contributed by atoms with Crippen LogP contribution in [0.5, 0.6) is 0 Å². The third-order valence-corrected chi connectivity index (χ3v) is 7.35. The molecule has 3 heterocycles. The van der Waals surface area contributed by atoms with Crippen LogP contribution in [0.15, 0.2) is 34.2 Å². The van der Waals surface area contributed by atoms with E-state index in [4.69, 9.17) is 0 Å². The van der Waals surface area contributed by atoms with Gasteiger partial charge in [0.15, 0.2) is 15.9 Å². The Hall–Kier alpha value is -2.46. The predicted molar refractivity (Wildman–Crippen MR) is 127 cm³/mol. The molecule has 0 saturated carbocycles. The fourth-order valence-electron chi connectivity index (χ4n) is 3.61. The second kappa shape index (κ2) is 10.4. The van der Waals surface area contributed by atoms with Crippen LogP contribution in [0.3, 0.4) is 0 Å². The van der Waals surface area contributed by atoms with Crippen LogP contribution >= 0.6 is 23.1 Å². The summed E-state index contributed by atoms with van der Waals surface area (Å²) in [6, 6.07) is 6.01. The molecule has 32 heavy (non-hydrogen) atoms. The summed E-state index contributed by atoms with van der Waals surface area (Å²) in [7, 11) is 0. The van der Waals surface area contributed by atoms with Crippen molar-refractivity contribution in [3.63, 3.8) is 0 Å². The van der Waals surface area contributed by atoms with Gasteiger partial charge >= 0.3 is 0 Å². The van der Waals surface area contributed by atoms with Gasteiger partial charge in [0.2, 0.25) is 5.91 Å². The molecule has 1 N–H and O–H groups in total. The molecule has 10 heteroatoms. The molecule has 170 valence electrons. The number of amides is 1. The van der Waals surface area contributed by atoms with Crippen LogP contribution in [0.25, 0.3) is 10.3 Å². The zero-order chi connectivity index (χ0) is 22.5. The quantitative estimate of drug-likeness (QED) is 0.394. The van der Waals surface area contributed by atoms with Crippen LogP contribution in [0.1, 0.15) is 38.2 Å². The molecule has 0 radical (unpaired) electrons. The summed E-state index contributed by atoms with van der Waals surface area (Å²) in [6.07, 6.45) is 4.29. The molecule has 7 nitrogen and oxygen atoms in total. The number of piperidine rings is 1. The summed E-state index contributed by atoms with van der Waals surface area (Å²) in [4.78, 5) is 37.0. The highest BCUT2D eigenvalue weighted by Gasteiger charge is 2.20. The van der Waals surface area contributed by atoms with Crippen molar-refractivity contribution in [1.29, 1.82) is 0 Å². The van der Waals surface area contributed by atoms with Crippen molar-refractivity contribution < 1.29 is 9.18 Å². The Balaban J connectivity index is 1.48. The lowest BCUT2D eigenvalue weighted by Crippen LogP contribution is -2.29. The molecule has 1 saturated heterocycles. The number of carbonyl (C=O) groups excluding carboxylic acids is 1. The maximum atomic E-state index is 13.1. The Bertz CT molecular complexity index is 1140. The molecule has 0 spiro atoms. The van der Waals surface area contributed by atoms with Crippen LogP contribution < -0.4 is 15.8 Å². The van der Waals surface area contributed by atoms with E-state index in [1.807, 2.05) is 6.92 Å². The van der Waals surface area contributed by atoms with Gasteiger partial charge in [-0.1, -0.05) is 42.2 Å². The largest absolute Gasteiger partial charge is 0.351 e. The number of benzene rings is 1. The Morgan fingerprint density at radius 2 is 1.94 bits per heavy atom. The number of thioether (sulfide) groups is 1. The Morgan fingerprint density at radius 3 is 2.66 bits per heavy atom. The third-order valence-electron chi connectivity index (χ3n) is 5.28. The smallest absolute Gasteiger partial charge is 0.273 e. The second-order valence-electron chi connectivity index (χ2n) is 7.74. The fourth-order valence-corrected chi connectivity index (χ4v) is 5.46. The van der Waals surface area contributed by atoms with Crippen molar-refractivity contribution in [3.8, 4) is 0 Å². The molecule has 1 aliphatic heterocycles.